The van der Waals surface area contributed by atoms with Crippen molar-refractivity contribution in [1.29, 1.82) is 0 Å². The highest BCUT2D eigenvalue weighted by Gasteiger charge is 2.32. The third-order valence-corrected chi connectivity index (χ3v) is 4.50. The van der Waals surface area contributed by atoms with Crippen molar-refractivity contribution in [2.45, 2.75) is 71.9 Å². The molecule has 0 aromatic rings. The zero-order valence-corrected chi connectivity index (χ0v) is 13.0. The van der Waals surface area contributed by atoms with Gasteiger partial charge in [-0.2, -0.15) is 0 Å². The normalized spacial score (nSPS) is 26.1. The molecule has 1 aliphatic carbocycles. The molecule has 1 atom stereocenters. The molecule has 1 aliphatic rings. The van der Waals surface area contributed by atoms with Gasteiger partial charge in [0, 0.05) is 6.04 Å². The Bertz CT molecular complexity index is 259. The molecule has 0 aromatic carbocycles. The van der Waals surface area contributed by atoms with Crippen molar-refractivity contribution >= 4 is 18.3 Å². The molecular weight excluding hydrogens is 248 g/mol. The lowest BCUT2D eigenvalue weighted by Crippen LogP contribution is -2.45. The van der Waals surface area contributed by atoms with E-state index in [2.05, 4.69) is 26.1 Å². The van der Waals surface area contributed by atoms with Crippen LogP contribution in [0, 0.1) is 11.3 Å². The molecule has 18 heavy (non-hydrogen) atoms. The van der Waals surface area contributed by atoms with Crippen LogP contribution in [0.25, 0.3) is 0 Å². The Labute approximate surface area is 118 Å². The zero-order chi connectivity index (χ0) is 13.1. The first kappa shape index (κ1) is 17.7. The van der Waals surface area contributed by atoms with Crippen LogP contribution in [0.15, 0.2) is 0 Å². The molecule has 1 saturated carbocycles. The smallest absolute Gasteiger partial charge is 0.236 e. The second-order valence-corrected chi connectivity index (χ2v) is 6.19. The quantitative estimate of drug-likeness (QED) is 0.830. The van der Waals surface area contributed by atoms with Crippen LogP contribution >= 0.6 is 12.4 Å². The van der Waals surface area contributed by atoms with Crippen LogP contribution < -0.4 is 11.1 Å². The Morgan fingerprint density at radius 1 is 1.33 bits per heavy atom. The summed E-state index contributed by atoms with van der Waals surface area (Å²) in [5, 5.41) is 3.04. The van der Waals surface area contributed by atoms with Crippen molar-refractivity contribution in [2.24, 2.45) is 17.1 Å². The molecule has 0 spiro atoms. The van der Waals surface area contributed by atoms with Crippen LogP contribution in [0.3, 0.4) is 0 Å². The van der Waals surface area contributed by atoms with Gasteiger partial charge in [-0.15, -0.1) is 12.4 Å². The molecule has 0 unspecified atom stereocenters. The van der Waals surface area contributed by atoms with E-state index in [1.54, 1.807) is 6.92 Å². The fourth-order valence-corrected chi connectivity index (χ4v) is 2.64. The Balaban J connectivity index is 0.00000289. The number of hydrogen-bond donors (Lipinski definition) is 2. The van der Waals surface area contributed by atoms with Crippen LogP contribution in [0.4, 0.5) is 0 Å². The monoisotopic (exact) mass is 276 g/mol. The summed E-state index contributed by atoms with van der Waals surface area (Å²) < 4.78 is 0. The maximum atomic E-state index is 11.5. The van der Waals surface area contributed by atoms with Gasteiger partial charge in [-0.25, -0.2) is 0 Å². The van der Waals surface area contributed by atoms with Crippen LogP contribution in [-0.4, -0.2) is 18.0 Å². The molecule has 3 N–H and O–H groups in total. The number of hydrogen-bond acceptors (Lipinski definition) is 2. The molecule has 0 saturated heterocycles. The summed E-state index contributed by atoms with van der Waals surface area (Å²) in [7, 11) is 0. The third-order valence-electron chi connectivity index (χ3n) is 4.50. The molecule has 3 nitrogen and oxygen atoms in total. The first-order valence-electron chi connectivity index (χ1n) is 6.92. The van der Waals surface area contributed by atoms with E-state index in [1.807, 2.05) is 0 Å². The van der Waals surface area contributed by atoms with Crippen molar-refractivity contribution in [3.8, 4) is 0 Å². The maximum absolute atomic E-state index is 11.5. The van der Waals surface area contributed by atoms with E-state index in [0.717, 1.165) is 18.8 Å². The Morgan fingerprint density at radius 3 is 2.22 bits per heavy atom. The van der Waals surface area contributed by atoms with Gasteiger partial charge < -0.3 is 11.1 Å². The second-order valence-electron chi connectivity index (χ2n) is 6.19. The van der Waals surface area contributed by atoms with Crippen LogP contribution in [-0.2, 0) is 4.79 Å². The molecule has 1 rings (SSSR count). The van der Waals surface area contributed by atoms with Crippen LogP contribution in [0.2, 0.25) is 0 Å². The van der Waals surface area contributed by atoms with Crippen LogP contribution in [0.5, 0.6) is 0 Å². The van der Waals surface area contributed by atoms with E-state index in [9.17, 15) is 4.79 Å². The first-order valence-corrected chi connectivity index (χ1v) is 6.92. The highest BCUT2D eigenvalue weighted by molar-refractivity contribution is 5.85. The van der Waals surface area contributed by atoms with Gasteiger partial charge in [-0.3, -0.25) is 4.79 Å². The summed E-state index contributed by atoms with van der Waals surface area (Å²) in [5.74, 6) is 0.791. The van der Waals surface area contributed by atoms with Gasteiger partial charge in [0.15, 0.2) is 0 Å². The van der Waals surface area contributed by atoms with Gasteiger partial charge in [0.1, 0.15) is 0 Å². The molecule has 1 amide bonds. The number of nitrogens with two attached hydrogens (primary N) is 1. The first-order chi connectivity index (χ1) is 7.86. The van der Waals surface area contributed by atoms with E-state index in [0.29, 0.717) is 11.5 Å². The summed E-state index contributed by atoms with van der Waals surface area (Å²) in [5.41, 5.74) is 6.00. The fraction of sp³-hybridized carbons (Fsp3) is 0.929. The number of amides is 1. The van der Waals surface area contributed by atoms with Gasteiger partial charge in [0.05, 0.1) is 6.04 Å². The fourth-order valence-electron chi connectivity index (χ4n) is 2.64. The minimum absolute atomic E-state index is 0. The Hall–Kier alpha value is -0.280. The minimum Gasteiger partial charge on any atom is -0.352 e. The minimum atomic E-state index is -0.389. The van der Waals surface area contributed by atoms with Gasteiger partial charge in [0.25, 0.3) is 0 Å². The average Bonchev–Trinajstić information content (AvgIpc) is 2.29. The molecule has 0 aliphatic heterocycles. The predicted octanol–water partition coefficient (Wildman–Crippen LogP) is 2.87. The lowest BCUT2D eigenvalue weighted by atomic mass is 9.69. The summed E-state index contributed by atoms with van der Waals surface area (Å²) in [4.78, 5) is 11.5. The Kier molecular flexibility index (Phi) is 7.23. The van der Waals surface area contributed by atoms with Crippen molar-refractivity contribution in [1.82, 2.24) is 5.32 Å². The van der Waals surface area contributed by atoms with Crippen molar-refractivity contribution in [3.05, 3.63) is 0 Å². The van der Waals surface area contributed by atoms with E-state index >= 15 is 0 Å². The number of carbonyl (C=O) groups is 1. The lowest BCUT2D eigenvalue weighted by Gasteiger charge is -2.39. The standard InChI is InChI=1S/C14H28N2O.ClH/c1-5-14(3,4)11-6-8-12(9-7-11)16-13(17)10(2)15;/h10-12H,5-9,15H2,1-4H3,(H,16,17);1H/t10-,11?,12?;/m1./s1. The number of nitrogens with one attached hydrogen (secondary N) is 1. The van der Waals surface area contributed by atoms with E-state index < -0.39 is 0 Å². The van der Waals surface area contributed by atoms with E-state index in [4.69, 9.17) is 5.73 Å². The number of halogens is 1. The lowest BCUT2D eigenvalue weighted by molar-refractivity contribution is -0.123. The maximum Gasteiger partial charge on any atom is 0.236 e. The molecule has 4 heteroatoms. The van der Waals surface area contributed by atoms with Crippen LogP contribution in [0.1, 0.15) is 59.8 Å². The largest absolute Gasteiger partial charge is 0.352 e. The highest BCUT2D eigenvalue weighted by Crippen LogP contribution is 2.40. The van der Waals surface area contributed by atoms with E-state index in [1.165, 1.54) is 19.3 Å². The molecule has 108 valence electrons. The zero-order valence-electron chi connectivity index (χ0n) is 12.2. The topological polar surface area (TPSA) is 55.1 Å². The summed E-state index contributed by atoms with van der Waals surface area (Å²) in [6.07, 6.45) is 5.89. The van der Waals surface area contributed by atoms with Crippen molar-refractivity contribution < 1.29 is 4.79 Å². The molecule has 0 bridgehead atoms. The van der Waals surface area contributed by atoms with Gasteiger partial charge >= 0.3 is 0 Å². The van der Waals surface area contributed by atoms with Gasteiger partial charge in [-0.1, -0.05) is 27.2 Å². The average molecular weight is 277 g/mol. The van der Waals surface area contributed by atoms with Gasteiger partial charge in [0.2, 0.25) is 5.91 Å². The Morgan fingerprint density at radius 2 is 1.83 bits per heavy atom. The molecule has 0 aromatic heterocycles. The summed E-state index contributed by atoms with van der Waals surface area (Å²) >= 11 is 0. The summed E-state index contributed by atoms with van der Waals surface area (Å²) in [6, 6.07) is -0.0442. The number of carbonyl (C=O) groups excluding carboxylic acids is 1. The van der Waals surface area contributed by atoms with Gasteiger partial charge in [-0.05, 0) is 43.9 Å². The SMILES string of the molecule is CCC(C)(C)C1CCC(NC(=O)[C@@H](C)N)CC1.Cl. The third kappa shape index (κ3) is 4.77. The summed E-state index contributed by atoms with van der Waals surface area (Å²) in [6.45, 7) is 8.72. The highest BCUT2D eigenvalue weighted by atomic mass is 35.5. The predicted molar refractivity (Wildman–Crippen MR) is 78.9 cm³/mol. The number of rotatable bonds is 4. The van der Waals surface area contributed by atoms with Crippen molar-refractivity contribution in [2.75, 3.05) is 0 Å². The molecule has 1 fully saturated rings. The molecule has 0 heterocycles. The van der Waals surface area contributed by atoms with E-state index in [-0.39, 0.29) is 24.4 Å². The second kappa shape index (κ2) is 7.34. The molecular formula is C14H29ClN2O. The van der Waals surface area contributed by atoms with Crippen molar-refractivity contribution in [3.63, 3.8) is 0 Å². The molecule has 0 radical (unpaired) electrons.